The zero-order chi connectivity index (χ0) is 21.9. The molecule has 0 radical (unpaired) electrons. The second kappa shape index (κ2) is 7.51. The molecule has 2 fully saturated rings. The molecule has 2 nitrogen and oxygen atoms in total. The molecule has 7 unspecified atom stereocenters. The minimum Gasteiger partial charge on any atom is -0.393 e. The second-order valence-electron chi connectivity index (χ2n) is 10.7. The van der Waals surface area contributed by atoms with Crippen LogP contribution in [0.5, 0.6) is 0 Å². The van der Waals surface area contributed by atoms with Crippen LogP contribution in [-0.2, 0) is 0 Å². The number of aliphatic hydroxyl groups is 2. The normalized spacial score (nSPS) is 43.3. The molecule has 168 valence electrons. The summed E-state index contributed by atoms with van der Waals surface area (Å²) in [5.74, 6) is 1.65. The van der Waals surface area contributed by atoms with Crippen LogP contribution in [0.25, 0.3) is 0 Å². The summed E-state index contributed by atoms with van der Waals surface area (Å²) in [6, 6.07) is 0. The molecule has 0 saturated heterocycles. The molecule has 4 aliphatic rings. The first-order valence-electron chi connectivity index (χ1n) is 11.5. The van der Waals surface area contributed by atoms with E-state index in [9.17, 15) is 23.4 Å². The van der Waals surface area contributed by atoms with Crippen molar-refractivity contribution < 1.29 is 23.4 Å². The first-order valence-corrected chi connectivity index (χ1v) is 11.5. The molecule has 4 rings (SSSR count). The van der Waals surface area contributed by atoms with Gasteiger partial charge in [0, 0.05) is 0 Å². The lowest BCUT2D eigenvalue weighted by Gasteiger charge is -2.58. The summed E-state index contributed by atoms with van der Waals surface area (Å²) >= 11 is 0. The third kappa shape index (κ3) is 3.50. The van der Waals surface area contributed by atoms with Crippen molar-refractivity contribution in [2.45, 2.75) is 84.1 Å². The van der Waals surface area contributed by atoms with Crippen molar-refractivity contribution in [3.8, 4) is 0 Å². The maximum atomic E-state index is 12.7. The predicted molar refractivity (Wildman–Crippen MR) is 112 cm³/mol. The van der Waals surface area contributed by atoms with Crippen LogP contribution in [0.1, 0.15) is 65.7 Å². The van der Waals surface area contributed by atoms with Gasteiger partial charge < -0.3 is 10.2 Å². The molecule has 5 heteroatoms. The van der Waals surface area contributed by atoms with E-state index in [0.29, 0.717) is 17.8 Å². The van der Waals surface area contributed by atoms with E-state index in [0.717, 1.165) is 51.0 Å². The van der Waals surface area contributed by atoms with Gasteiger partial charge in [0.15, 0.2) is 6.10 Å². The third-order valence-corrected chi connectivity index (χ3v) is 9.13. The first-order chi connectivity index (χ1) is 14.0. The summed E-state index contributed by atoms with van der Waals surface area (Å²) in [6.45, 7) is 6.66. The van der Waals surface area contributed by atoms with E-state index in [2.05, 4.69) is 26.0 Å². The lowest BCUT2D eigenvalue weighted by atomic mass is 9.47. The zero-order valence-electron chi connectivity index (χ0n) is 18.3. The minimum atomic E-state index is -4.61. The zero-order valence-corrected chi connectivity index (χ0v) is 18.3. The Morgan fingerprint density at radius 1 is 1.03 bits per heavy atom. The van der Waals surface area contributed by atoms with Crippen LogP contribution in [0.3, 0.4) is 0 Å². The van der Waals surface area contributed by atoms with Crippen molar-refractivity contribution in [1.29, 1.82) is 0 Å². The number of fused-ring (bicyclic) bond motifs is 5. The number of hydrogen-bond donors (Lipinski definition) is 2. The number of allylic oxidation sites excluding steroid dienone is 4. The Hall–Kier alpha value is -1.07. The molecule has 0 heterocycles. The van der Waals surface area contributed by atoms with Gasteiger partial charge in [0.25, 0.3) is 0 Å². The maximum absolute atomic E-state index is 12.7. The van der Waals surface area contributed by atoms with Crippen molar-refractivity contribution in [2.75, 3.05) is 0 Å². The highest BCUT2D eigenvalue weighted by Gasteiger charge is 2.56. The van der Waals surface area contributed by atoms with Gasteiger partial charge in [-0.3, -0.25) is 0 Å². The van der Waals surface area contributed by atoms with Gasteiger partial charge >= 0.3 is 6.18 Å². The van der Waals surface area contributed by atoms with Crippen molar-refractivity contribution in [2.24, 2.45) is 34.5 Å². The molecule has 0 aliphatic heterocycles. The van der Waals surface area contributed by atoms with Gasteiger partial charge in [-0.1, -0.05) is 56.2 Å². The fraction of sp³-hybridized carbons (Fsp3) is 0.760. The minimum absolute atomic E-state index is 0.0178. The van der Waals surface area contributed by atoms with E-state index in [-0.39, 0.29) is 22.9 Å². The summed E-state index contributed by atoms with van der Waals surface area (Å²) in [5.41, 5.74) is 2.91. The van der Waals surface area contributed by atoms with Crippen LogP contribution in [0.4, 0.5) is 13.2 Å². The molecule has 0 amide bonds. The van der Waals surface area contributed by atoms with Gasteiger partial charge in [0.1, 0.15) is 0 Å². The SMILES string of the molecule is C[C@H](/C=C/C(O)C(F)(F)F)C1=CCC2C3CC=C4CC(O)CCC4(C)C3CCC12C. The van der Waals surface area contributed by atoms with Crippen molar-refractivity contribution >= 4 is 0 Å². The van der Waals surface area contributed by atoms with Gasteiger partial charge in [-0.05, 0) is 79.4 Å². The molecule has 0 spiro atoms. The van der Waals surface area contributed by atoms with E-state index in [1.165, 1.54) is 17.2 Å². The molecule has 0 bridgehead atoms. The smallest absolute Gasteiger partial charge is 0.393 e. The standard InChI is InChI=1S/C25H35F3O2/c1-15(4-9-22(30)25(26,27)28)19-7-8-20-18-6-5-16-14-17(29)10-12-23(16,2)21(18)11-13-24(19,20)3/h4-5,7,9,15,17-18,20-22,29-30H,6,8,10-14H2,1-3H3/b9-4+/t15-,17?,18?,20?,21?,22?,23?,24?/m1/s1. The summed E-state index contributed by atoms with van der Waals surface area (Å²) in [4.78, 5) is 0. The number of rotatable bonds is 3. The third-order valence-electron chi connectivity index (χ3n) is 9.13. The number of aliphatic hydroxyl groups excluding tert-OH is 2. The fourth-order valence-electron chi connectivity index (χ4n) is 7.43. The molecule has 0 aromatic rings. The molecule has 2 N–H and O–H groups in total. The summed E-state index contributed by atoms with van der Waals surface area (Å²) in [5, 5.41) is 19.5. The van der Waals surface area contributed by atoms with Crippen LogP contribution in [0.2, 0.25) is 0 Å². The second-order valence-corrected chi connectivity index (χ2v) is 10.7. The molecule has 0 aromatic heterocycles. The Morgan fingerprint density at radius 2 is 1.73 bits per heavy atom. The van der Waals surface area contributed by atoms with Gasteiger partial charge in [0.05, 0.1) is 6.10 Å². The molecule has 4 aliphatic carbocycles. The van der Waals surface area contributed by atoms with Crippen molar-refractivity contribution in [3.63, 3.8) is 0 Å². The lowest BCUT2D eigenvalue weighted by molar-refractivity contribution is -0.187. The largest absolute Gasteiger partial charge is 0.417 e. The highest BCUT2D eigenvalue weighted by Crippen LogP contribution is 2.65. The highest BCUT2D eigenvalue weighted by molar-refractivity contribution is 5.32. The molecular weight excluding hydrogens is 389 g/mol. The van der Waals surface area contributed by atoms with E-state index in [1.54, 1.807) is 0 Å². The number of hydrogen-bond acceptors (Lipinski definition) is 2. The molecule has 8 atom stereocenters. The number of alkyl halides is 3. The molecule has 2 saturated carbocycles. The van der Waals surface area contributed by atoms with Crippen LogP contribution >= 0.6 is 0 Å². The maximum Gasteiger partial charge on any atom is 0.417 e. The topological polar surface area (TPSA) is 40.5 Å². The van der Waals surface area contributed by atoms with E-state index in [4.69, 9.17) is 0 Å². The average molecular weight is 425 g/mol. The monoisotopic (exact) mass is 424 g/mol. The average Bonchev–Trinajstić information content (AvgIpc) is 3.03. The summed E-state index contributed by atoms with van der Waals surface area (Å²) < 4.78 is 38.0. The van der Waals surface area contributed by atoms with Gasteiger partial charge in [-0.25, -0.2) is 0 Å². The summed E-state index contributed by atoms with van der Waals surface area (Å²) in [6.07, 6.45) is 6.90. The van der Waals surface area contributed by atoms with Gasteiger partial charge in [-0.15, -0.1) is 0 Å². The molecule has 0 aromatic carbocycles. The van der Waals surface area contributed by atoms with Gasteiger partial charge in [-0.2, -0.15) is 13.2 Å². The fourth-order valence-corrected chi connectivity index (χ4v) is 7.43. The van der Waals surface area contributed by atoms with Crippen LogP contribution in [0, 0.1) is 34.5 Å². The van der Waals surface area contributed by atoms with Crippen molar-refractivity contribution in [1.82, 2.24) is 0 Å². The highest BCUT2D eigenvalue weighted by atomic mass is 19.4. The van der Waals surface area contributed by atoms with Gasteiger partial charge in [0.2, 0.25) is 0 Å². The van der Waals surface area contributed by atoms with Crippen LogP contribution in [-0.4, -0.2) is 28.6 Å². The first kappa shape index (κ1) is 22.1. The Labute approximate surface area is 177 Å². The quantitative estimate of drug-likeness (QED) is 0.549. The van der Waals surface area contributed by atoms with E-state index >= 15 is 0 Å². The Balaban J connectivity index is 1.53. The summed E-state index contributed by atoms with van der Waals surface area (Å²) in [7, 11) is 0. The lowest BCUT2D eigenvalue weighted by Crippen LogP contribution is -2.50. The van der Waals surface area contributed by atoms with E-state index in [1.807, 2.05) is 6.92 Å². The number of halogens is 3. The Kier molecular flexibility index (Phi) is 5.54. The van der Waals surface area contributed by atoms with Crippen LogP contribution in [0.15, 0.2) is 35.5 Å². The van der Waals surface area contributed by atoms with Crippen molar-refractivity contribution in [3.05, 3.63) is 35.5 Å². The molecular formula is C25H35F3O2. The Bertz CT molecular complexity index is 767. The van der Waals surface area contributed by atoms with E-state index < -0.39 is 12.3 Å². The predicted octanol–water partition coefficient (Wildman–Crippen LogP) is 5.96. The Morgan fingerprint density at radius 3 is 2.43 bits per heavy atom. The molecule has 30 heavy (non-hydrogen) atoms. The van der Waals surface area contributed by atoms with Crippen LogP contribution < -0.4 is 0 Å².